The van der Waals surface area contributed by atoms with Crippen LogP contribution in [0.25, 0.3) is 10.8 Å². The molecule has 1 unspecified atom stereocenters. The van der Waals surface area contributed by atoms with Crippen molar-refractivity contribution in [3.8, 4) is 5.75 Å². The minimum Gasteiger partial charge on any atom is -0.489 e. The van der Waals surface area contributed by atoms with Gasteiger partial charge in [-0.3, -0.25) is 4.98 Å². The van der Waals surface area contributed by atoms with E-state index >= 15 is 0 Å². The molecule has 1 aliphatic rings. The van der Waals surface area contributed by atoms with Crippen molar-refractivity contribution in [2.24, 2.45) is 11.1 Å². The lowest BCUT2D eigenvalue weighted by atomic mass is 9.67. The van der Waals surface area contributed by atoms with Gasteiger partial charge in [0.1, 0.15) is 5.75 Å². The van der Waals surface area contributed by atoms with Crippen molar-refractivity contribution in [2.45, 2.75) is 58.1 Å². The van der Waals surface area contributed by atoms with Crippen molar-refractivity contribution in [1.29, 1.82) is 0 Å². The Balaban J connectivity index is 1.73. The zero-order valence-electron chi connectivity index (χ0n) is 13.9. The second-order valence-electron chi connectivity index (χ2n) is 6.80. The van der Waals surface area contributed by atoms with Crippen LogP contribution in [0, 0.1) is 5.41 Å². The summed E-state index contributed by atoms with van der Waals surface area (Å²) in [5, 5.41) is 2.72. The highest BCUT2D eigenvalue weighted by Gasteiger charge is 2.37. The largest absolute Gasteiger partial charge is 0.489 e. The predicted octanol–water partition coefficient (Wildman–Crippen LogP) is 4.95. The van der Waals surface area contributed by atoms with Crippen LogP contribution in [0.2, 0.25) is 5.02 Å². The minimum absolute atomic E-state index is 0.227. The first-order chi connectivity index (χ1) is 11.1. The molecule has 1 aromatic heterocycles. The summed E-state index contributed by atoms with van der Waals surface area (Å²) in [6, 6.07) is 6.15. The Morgan fingerprint density at radius 1 is 1.35 bits per heavy atom. The molecule has 1 atom stereocenters. The molecule has 1 saturated carbocycles. The summed E-state index contributed by atoms with van der Waals surface area (Å²) < 4.78 is 6.22. The molecule has 2 N–H and O–H groups in total. The van der Waals surface area contributed by atoms with Crippen molar-refractivity contribution in [1.82, 2.24) is 4.98 Å². The first kappa shape index (κ1) is 16.5. The number of nitrogens with two attached hydrogens (primary N) is 1. The molecule has 1 aliphatic carbocycles. The molecule has 23 heavy (non-hydrogen) atoms. The van der Waals surface area contributed by atoms with E-state index in [4.69, 9.17) is 22.1 Å². The third-order valence-electron chi connectivity index (χ3n) is 5.61. The third-order valence-corrected chi connectivity index (χ3v) is 6.00. The Labute approximate surface area is 143 Å². The Kier molecular flexibility index (Phi) is 4.79. The van der Waals surface area contributed by atoms with Crippen LogP contribution in [0.1, 0.15) is 46.0 Å². The van der Waals surface area contributed by atoms with E-state index in [9.17, 15) is 0 Å². The molecule has 0 radical (unpaired) electrons. The SMILES string of the molecule is CCC1(C(C)N)CCC(Oc2ccc3cnccc3c2Cl)CC1. The summed E-state index contributed by atoms with van der Waals surface area (Å²) in [4.78, 5) is 4.13. The Morgan fingerprint density at radius 2 is 2.09 bits per heavy atom. The fourth-order valence-corrected chi connectivity index (χ4v) is 4.08. The molecule has 0 amide bonds. The summed E-state index contributed by atoms with van der Waals surface area (Å²) in [5.41, 5.74) is 6.51. The summed E-state index contributed by atoms with van der Waals surface area (Å²) in [6.45, 7) is 4.39. The van der Waals surface area contributed by atoms with E-state index in [-0.39, 0.29) is 17.6 Å². The van der Waals surface area contributed by atoms with Gasteiger partial charge in [0.25, 0.3) is 0 Å². The molecule has 124 valence electrons. The maximum Gasteiger partial charge on any atom is 0.138 e. The quantitative estimate of drug-likeness (QED) is 0.861. The minimum atomic E-state index is 0.227. The number of halogens is 1. The van der Waals surface area contributed by atoms with Gasteiger partial charge in [-0.25, -0.2) is 0 Å². The lowest BCUT2D eigenvalue weighted by molar-refractivity contribution is 0.0620. The molecule has 0 saturated heterocycles. The Bertz CT molecular complexity index is 678. The standard InChI is InChI=1S/C19H25ClN2O/c1-3-19(13(2)21)9-6-15(7-10-19)23-17-5-4-14-12-22-11-8-16(14)18(17)20/h4-5,8,11-13,15H,3,6-7,9-10,21H2,1-2H3. The van der Waals surface area contributed by atoms with Crippen molar-refractivity contribution < 1.29 is 4.74 Å². The van der Waals surface area contributed by atoms with Crippen LogP contribution in [0.3, 0.4) is 0 Å². The highest BCUT2D eigenvalue weighted by molar-refractivity contribution is 6.37. The number of hydrogen-bond acceptors (Lipinski definition) is 3. The molecule has 0 aliphatic heterocycles. The molecular weight excluding hydrogens is 308 g/mol. The molecule has 1 aromatic carbocycles. The number of rotatable bonds is 4. The monoisotopic (exact) mass is 332 g/mol. The van der Waals surface area contributed by atoms with Crippen molar-refractivity contribution in [2.75, 3.05) is 0 Å². The topological polar surface area (TPSA) is 48.1 Å². The number of nitrogens with zero attached hydrogens (tertiary/aromatic N) is 1. The fraction of sp³-hybridized carbons (Fsp3) is 0.526. The molecule has 0 bridgehead atoms. The van der Waals surface area contributed by atoms with E-state index in [0.29, 0.717) is 5.02 Å². The van der Waals surface area contributed by atoms with Crippen LogP contribution >= 0.6 is 11.6 Å². The van der Waals surface area contributed by atoms with Gasteiger partial charge in [-0.05, 0) is 62.6 Å². The molecule has 2 aromatic rings. The molecule has 1 heterocycles. The molecule has 3 nitrogen and oxygen atoms in total. The highest BCUT2D eigenvalue weighted by Crippen LogP contribution is 2.43. The van der Waals surface area contributed by atoms with Crippen LogP contribution < -0.4 is 10.5 Å². The maximum absolute atomic E-state index is 6.52. The summed E-state index contributed by atoms with van der Waals surface area (Å²) in [7, 11) is 0. The van der Waals surface area contributed by atoms with Crippen LogP contribution in [-0.4, -0.2) is 17.1 Å². The average molecular weight is 333 g/mol. The van der Waals surface area contributed by atoms with Crippen molar-refractivity contribution >= 4 is 22.4 Å². The first-order valence-corrected chi connectivity index (χ1v) is 8.88. The zero-order valence-corrected chi connectivity index (χ0v) is 14.6. The molecule has 0 spiro atoms. The van der Waals surface area contributed by atoms with Gasteiger partial charge in [0, 0.05) is 29.2 Å². The Hall–Kier alpha value is -1.32. The second-order valence-corrected chi connectivity index (χ2v) is 7.17. The molecular formula is C19H25ClN2O. The van der Waals surface area contributed by atoms with Crippen LogP contribution in [0.5, 0.6) is 5.75 Å². The molecule has 1 fully saturated rings. The molecule has 4 heteroatoms. The number of fused-ring (bicyclic) bond motifs is 1. The highest BCUT2D eigenvalue weighted by atomic mass is 35.5. The van der Waals surface area contributed by atoms with Crippen molar-refractivity contribution in [3.05, 3.63) is 35.6 Å². The van der Waals surface area contributed by atoms with Gasteiger partial charge in [-0.15, -0.1) is 0 Å². The summed E-state index contributed by atoms with van der Waals surface area (Å²) in [5.74, 6) is 0.778. The van der Waals surface area contributed by atoms with E-state index < -0.39 is 0 Å². The van der Waals surface area contributed by atoms with Gasteiger partial charge >= 0.3 is 0 Å². The summed E-state index contributed by atoms with van der Waals surface area (Å²) in [6.07, 6.45) is 9.29. The fourth-order valence-electron chi connectivity index (χ4n) is 3.80. The van der Waals surface area contributed by atoms with Crippen LogP contribution in [0.15, 0.2) is 30.6 Å². The number of ether oxygens (including phenoxy) is 1. The predicted molar refractivity (Wildman–Crippen MR) is 96.0 cm³/mol. The maximum atomic E-state index is 6.52. The van der Waals surface area contributed by atoms with Crippen LogP contribution in [0.4, 0.5) is 0 Å². The van der Waals surface area contributed by atoms with E-state index in [1.54, 1.807) is 6.20 Å². The van der Waals surface area contributed by atoms with E-state index in [1.807, 2.05) is 24.4 Å². The van der Waals surface area contributed by atoms with Crippen molar-refractivity contribution in [3.63, 3.8) is 0 Å². The van der Waals surface area contributed by atoms with E-state index in [2.05, 4.69) is 18.8 Å². The number of aromatic nitrogens is 1. The van der Waals surface area contributed by atoms with E-state index in [1.165, 1.54) is 0 Å². The lowest BCUT2D eigenvalue weighted by Gasteiger charge is -2.42. The van der Waals surface area contributed by atoms with Gasteiger partial charge in [0.05, 0.1) is 11.1 Å². The number of hydrogen-bond donors (Lipinski definition) is 1. The number of pyridine rings is 1. The zero-order chi connectivity index (χ0) is 16.4. The van der Waals surface area contributed by atoms with Gasteiger partial charge in [-0.2, -0.15) is 0 Å². The van der Waals surface area contributed by atoms with Gasteiger partial charge in [0.2, 0.25) is 0 Å². The van der Waals surface area contributed by atoms with Crippen LogP contribution in [-0.2, 0) is 0 Å². The van der Waals surface area contributed by atoms with Gasteiger partial charge < -0.3 is 10.5 Å². The third kappa shape index (κ3) is 3.17. The second kappa shape index (κ2) is 6.66. The average Bonchev–Trinajstić information content (AvgIpc) is 2.58. The smallest absolute Gasteiger partial charge is 0.138 e. The summed E-state index contributed by atoms with van der Waals surface area (Å²) >= 11 is 6.52. The van der Waals surface area contributed by atoms with E-state index in [0.717, 1.165) is 48.6 Å². The normalized spacial score (nSPS) is 26.2. The van der Waals surface area contributed by atoms with Gasteiger partial charge in [-0.1, -0.05) is 18.5 Å². The molecule has 3 rings (SSSR count). The Morgan fingerprint density at radius 3 is 2.74 bits per heavy atom. The van der Waals surface area contributed by atoms with Gasteiger partial charge in [0.15, 0.2) is 0 Å². The number of benzene rings is 1. The lowest BCUT2D eigenvalue weighted by Crippen LogP contribution is -2.43. The first-order valence-electron chi connectivity index (χ1n) is 8.50.